The third kappa shape index (κ3) is 5.57. The van der Waals surface area contributed by atoms with Crippen LogP contribution >= 0.6 is 0 Å². The first-order valence-corrected chi connectivity index (χ1v) is 10.7. The molecule has 1 N–H and O–H groups in total. The smallest absolute Gasteiger partial charge is 0.241 e. The Balaban J connectivity index is 2.21. The molecule has 0 aliphatic rings. The van der Waals surface area contributed by atoms with Gasteiger partial charge in [0.1, 0.15) is 6.54 Å². The summed E-state index contributed by atoms with van der Waals surface area (Å²) in [4.78, 5) is 12.6. The minimum atomic E-state index is -3.59. The Morgan fingerprint density at radius 1 is 1.00 bits per heavy atom. The summed E-state index contributed by atoms with van der Waals surface area (Å²) in [5.41, 5.74) is 5.67. The third-order valence-corrected chi connectivity index (χ3v) is 5.59. The van der Waals surface area contributed by atoms with Gasteiger partial charge in [0.25, 0.3) is 0 Å². The molecule has 0 aliphatic heterocycles. The SMILES string of the molecule is Cc1cc(C)cc(N(CC(=O)N[C@@H](C)c2ccc(C)cc2C)S(C)(=O)=O)c1. The Labute approximate surface area is 162 Å². The Kier molecular flexibility index (Phi) is 6.31. The number of anilines is 1. The number of benzene rings is 2. The van der Waals surface area contributed by atoms with Crippen molar-refractivity contribution >= 4 is 21.6 Å². The lowest BCUT2D eigenvalue weighted by Crippen LogP contribution is -2.41. The van der Waals surface area contributed by atoms with Crippen molar-refractivity contribution < 1.29 is 13.2 Å². The maximum absolute atomic E-state index is 12.6. The normalized spacial score (nSPS) is 12.5. The van der Waals surface area contributed by atoms with Crippen LogP contribution < -0.4 is 9.62 Å². The zero-order valence-electron chi connectivity index (χ0n) is 16.8. The van der Waals surface area contributed by atoms with Crippen molar-refractivity contribution in [2.75, 3.05) is 17.1 Å². The fraction of sp³-hybridized carbons (Fsp3) is 0.381. The standard InChI is InChI=1S/C21H28N2O3S/c1-14-7-8-20(17(4)10-14)18(5)22-21(24)13-23(27(6,25)26)19-11-15(2)9-16(3)12-19/h7-12,18H,13H2,1-6H3,(H,22,24)/t18-/m0/s1. The molecule has 0 saturated carbocycles. The zero-order valence-corrected chi connectivity index (χ0v) is 17.6. The number of carbonyl (C=O) groups is 1. The van der Waals surface area contributed by atoms with E-state index in [4.69, 9.17) is 0 Å². The first-order chi connectivity index (χ1) is 12.5. The zero-order chi connectivity index (χ0) is 20.4. The summed E-state index contributed by atoms with van der Waals surface area (Å²) in [5, 5.41) is 2.91. The molecule has 1 atom stereocenters. The van der Waals surface area contributed by atoms with Gasteiger partial charge >= 0.3 is 0 Å². The van der Waals surface area contributed by atoms with E-state index in [-0.39, 0.29) is 18.5 Å². The van der Waals surface area contributed by atoms with Crippen molar-refractivity contribution in [3.8, 4) is 0 Å². The largest absolute Gasteiger partial charge is 0.348 e. The van der Waals surface area contributed by atoms with E-state index in [0.717, 1.165) is 38.4 Å². The van der Waals surface area contributed by atoms with Crippen molar-refractivity contribution in [1.29, 1.82) is 0 Å². The molecule has 1 amide bonds. The van der Waals surface area contributed by atoms with Gasteiger partial charge in [0.15, 0.2) is 0 Å². The Morgan fingerprint density at radius 3 is 2.11 bits per heavy atom. The highest BCUT2D eigenvalue weighted by molar-refractivity contribution is 7.92. The van der Waals surface area contributed by atoms with Gasteiger partial charge in [-0.1, -0.05) is 29.8 Å². The van der Waals surface area contributed by atoms with Crippen molar-refractivity contribution in [2.24, 2.45) is 0 Å². The Morgan fingerprint density at radius 2 is 1.59 bits per heavy atom. The van der Waals surface area contributed by atoms with Crippen LogP contribution in [0.4, 0.5) is 5.69 Å². The van der Waals surface area contributed by atoms with E-state index >= 15 is 0 Å². The number of hydrogen-bond acceptors (Lipinski definition) is 3. The van der Waals surface area contributed by atoms with Gasteiger partial charge < -0.3 is 5.32 Å². The van der Waals surface area contributed by atoms with Gasteiger partial charge in [-0.3, -0.25) is 9.10 Å². The number of hydrogen-bond donors (Lipinski definition) is 1. The molecule has 0 saturated heterocycles. The predicted octanol–water partition coefficient (Wildman–Crippen LogP) is 3.56. The van der Waals surface area contributed by atoms with Crippen LogP contribution in [0.15, 0.2) is 36.4 Å². The molecule has 2 rings (SSSR count). The average Bonchev–Trinajstić information content (AvgIpc) is 2.50. The topological polar surface area (TPSA) is 66.5 Å². The summed E-state index contributed by atoms with van der Waals surface area (Å²) < 4.78 is 25.7. The second kappa shape index (κ2) is 8.13. The van der Waals surface area contributed by atoms with E-state index < -0.39 is 10.0 Å². The molecule has 2 aromatic rings. The fourth-order valence-electron chi connectivity index (χ4n) is 3.30. The molecule has 0 spiro atoms. The summed E-state index contributed by atoms with van der Waals surface area (Å²) in [6.45, 7) is 9.48. The van der Waals surface area contributed by atoms with Crippen LogP contribution in [0.3, 0.4) is 0 Å². The number of rotatable bonds is 6. The van der Waals surface area contributed by atoms with Crippen LogP contribution in [0.25, 0.3) is 0 Å². The minimum Gasteiger partial charge on any atom is -0.348 e. The first kappa shape index (κ1) is 21.0. The third-order valence-electron chi connectivity index (χ3n) is 4.45. The number of carbonyl (C=O) groups excluding carboxylic acids is 1. The maximum Gasteiger partial charge on any atom is 0.241 e. The molecule has 0 unspecified atom stereocenters. The summed E-state index contributed by atoms with van der Waals surface area (Å²) in [6.07, 6.45) is 1.12. The van der Waals surface area contributed by atoms with Gasteiger partial charge in [-0.2, -0.15) is 0 Å². The van der Waals surface area contributed by atoms with Crippen LogP contribution in [0.1, 0.15) is 40.8 Å². The lowest BCUT2D eigenvalue weighted by molar-refractivity contribution is -0.120. The quantitative estimate of drug-likeness (QED) is 0.823. The lowest BCUT2D eigenvalue weighted by Gasteiger charge is -2.24. The molecule has 0 fully saturated rings. The summed E-state index contributed by atoms with van der Waals surface area (Å²) in [6, 6.07) is 11.4. The van der Waals surface area contributed by atoms with E-state index in [1.54, 1.807) is 12.1 Å². The van der Waals surface area contributed by atoms with Crippen LogP contribution in [-0.2, 0) is 14.8 Å². The minimum absolute atomic E-state index is 0.209. The molecule has 146 valence electrons. The molecular formula is C21H28N2O3S. The van der Waals surface area contributed by atoms with Crippen LogP contribution in [0.2, 0.25) is 0 Å². The van der Waals surface area contributed by atoms with E-state index in [2.05, 4.69) is 11.4 Å². The first-order valence-electron chi connectivity index (χ1n) is 8.90. The van der Waals surface area contributed by atoms with Gasteiger partial charge in [-0.15, -0.1) is 0 Å². The highest BCUT2D eigenvalue weighted by Gasteiger charge is 2.22. The molecule has 0 aromatic heterocycles. The number of sulfonamides is 1. The molecule has 27 heavy (non-hydrogen) atoms. The predicted molar refractivity (Wildman–Crippen MR) is 111 cm³/mol. The van der Waals surface area contributed by atoms with Crippen LogP contribution in [-0.4, -0.2) is 27.1 Å². The average molecular weight is 389 g/mol. The summed E-state index contributed by atoms with van der Waals surface area (Å²) >= 11 is 0. The second-order valence-electron chi connectivity index (χ2n) is 7.26. The number of amides is 1. The molecule has 0 bridgehead atoms. The monoisotopic (exact) mass is 388 g/mol. The highest BCUT2D eigenvalue weighted by Crippen LogP contribution is 2.22. The molecular weight excluding hydrogens is 360 g/mol. The molecule has 0 aliphatic carbocycles. The Bertz CT molecular complexity index is 932. The van der Waals surface area contributed by atoms with E-state index in [1.807, 2.05) is 52.8 Å². The van der Waals surface area contributed by atoms with Gasteiger partial charge in [-0.25, -0.2) is 8.42 Å². The van der Waals surface area contributed by atoms with Crippen LogP contribution in [0.5, 0.6) is 0 Å². The van der Waals surface area contributed by atoms with Crippen LogP contribution in [0, 0.1) is 27.7 Å². The Hall–Kier alpha value is -2.34. The van der Waals surface area contributed by atoms with Crippen molar-refractivity contribution in [1.82, 2.24) is 5.32 Å². The lowest BCUT2D eigenvalue weighted by atomic mass is 10.0. The number of aryl methyl sites for hydroxylation is 4. The fourth-order valence-corrected chi connectivity index (χ4v) is 4.14. The molecule has 5 nitrogen and oxygen atoms in total. The van der Waals surface area contributed by atoms with Gasteiger partial charge in [0.2, 0.25) is 15.9 Å². The maximum atomic E-state index is 12.6. The molecule has 0 heterocycles. The molecule has 6 heteroatoms. The number of nitrogens with zero attached hydrogens (tertiary/aromatic N) is 1. The summed E-state index contributed by atoms with van der Waals surface area (Å²) in [5.74, 6) is -0.341. The molecule has 0 radical (unpaired) electrons. The highest BCUT2D eigenvalue weighted by atomic mass is 32.2. The van der Waals surface area contributed by atoms with E-state index in [0.29, 0.717) is 5.69 Å². The van der Waals surface area contributed by atoms with Gasteiger partial charge in [0.05, 0.1) is 18.0 Å². The molecule has 2 aromatic carbocycles. The second-order valence-corrected chi connectivity index (χ2v) is 9.17. The van der Waals surface area contributed by atoms with E-state index in [9.17, 15) is 13.2 Å². The van der Waals surface area contributed by atoms with Gasteiger partial charge in [0, 0.05) is 0 Å². The summed E-state index contributed by atoms with van der Waals surface area (Å²) in [7, 11) is -3.59. The van der Waals surface area contributed by atoms with Crippen molar-refractivity contribution in [3.05, 3.63) is 64.2 Å². The van der Waals surface area contributed by atoms with Crippen molar-refractivity contribution in [2.45, 2.75) is 40.7 Å². The number of nitrogens with one attached hydrogen (secondary N) is 1. The van der Waals surface area contributed by atoms with Crippen molar-refractivity contribution in [3.63, 3.8) is 0 Å². The van der Waals surface area contributed by atoms with Gasteiger partial charge in [-0.05, 0) is 69.0 Å². The van der Waals surface area contributed by atoms with E-state index in [1.165, 1.54) is 0 Å².